The molecule has 6 nitrogen and oxygen atoms in total. The monoisotopic (exact) mass is 335 g/mol. The molecular formula is C16H21N3O3S. The van der Waals surface area contributed by atoms with Crippen molar-refractivity contribution in [1.29, 1.82) is 0 Å². The molecule has 0 N–H and O–H groups in total. The fraction of sp³-hybridized carbons (Fsp3) is 0.438. The predicted molar refractivity (Wildman–Crippen MR) is 86.9 cm³/mol. The van der Waals surface area contributed by atoms with Crippen LogP contribution in [0.1, 0.15) is 20.8 Å². The number of hydrogen-bond donors (Lipinski definition) is 0. The number of rotatable bonds is 3. The van der Waals surface area contributed by atoms with E-state index in [0.29, 0.717) is 13.1 Å². The number of aromatic nitrogens is 2. The van der Waals surface area contributed by atoms with E-state index in [1.807, 2.05) is 51.1 Å². The second-order valence-electron chi connectivity index (χ2n) is 6.44. The van der Waals surface area contributed by atoms with E-state index >= 15 is 0 Å². The highest BCUT2D eigenvalue weighted by Crippen LogP contribution is 2.26. The Labute approximate surface area is 136 Å². The van der Waals surface area contributed by atoms with E-state index in [1.54, 1.807) is 10.9 Å². The number of nitrogens with zero attached hydrogens (tertiary/aromatic N) is 3. The third kappa shape index (κ3) is 3.31. The third-order valence-corrected chi connectivity index (χ3v) is 5.52. The van der Waals surface area contributed by atoms with Crippen LogP contribution in [-0.2, 0) is 14.8 Å². The van der Waals surface area contributed by atoms with Gasteiger partial charge >= 0.3 is 0 Å². The van der Waals surface area contributed by atoms with E-state index < -0.39 is 15.6 Å². The molecule has 3 rings (SSSR count). The first kappa shape index (κ1) is 16.2. The highest BCUT2D eigenvalue weighted by Gasteiger charge is 2.38. The van der Waals surface area contributed by atoms with Gasteiger partial charge in [0.1, 0.15) is 4.90 Å². The van der Waals surface area contributed by atoms with Crippen LogP contribution in [0.4, 0.5) is 0 Å². The second kappa shape index (κ2) is 5.74. The molecule has 1 aromatic carbocycles. The Bertz CT molecular complexity index is 784. The van der Waals surface area contributed by atoms with Gasteiger partial charge in [0.2, 0.25) is 10.0 Å². The van der Waals surface area contributed by atoms with E-state index in [0.717, 1.165) is 5.69 Å². The van der Waals surface area contributed by atoms with Gasteiger partial charge in [0.25, 0.3) is 0 Å². The molecule has 124 valence electrons. The van der Waals surface area contributed by atoms with Crippen LogP contribution in [-0.4, -0.2) is 47.3 Å². The van der Waals surface area contributed by atoms with Gasteiger partial charge in [0, 0.05) is 13.1 Å². The number of para-hydroxylation sites is 1. The summed E-state index contributed by atoms with van der Waals surface area (Å²) in [5, 5.41) is 4.18. The van der Waals surface area contributed by atoms with Crippen molar-refractivity contribution in [2.45, 2.75) is 37.4 Å². The van der Waals surface area contributed by atoms with E-state index in [2.05, 4.69) is 5.10 Å². The molecular weight excluding hydrogens is 314 g/mol. The van der Waals surface area contributed by atoms with Gasteiger partial charge in [0.15, 0.2) is 0 Å². The summed E-state index contributed by atoms with van der Waals surface area (Å²) in [6.07, 6.45) is 2.81. The average Bonchev–Trinajstić information content (AvgIpc) is 2.96. The van der Waals surface area contributed by atoms with Crippen molar-refractivity contribution in [3.05, 3.63) is 42.7 Å². The van der Waals surface area contributed by atoms with Crippen molar-refractivity contribution in [2.75, 3.05) is 13.1 Å². The maximum atomic E-state index is 12.9. The molecule has 0 spiro atoms. The summed E-state index contributed by atoms with van der Waals surface area (Å²) in [6.45, 7) is 6.37. The topological polar surface area (TPSA) is 64.4 Å². The van der Waals surface area contributed by atoms with Crippen molar-refractivity contribution in [3.8, 4) is 5.69 Å². The van der Waals surface area contributed by atoms with E-state index in [4.69, 9.17) is 4.74 Å². The molecule has 2 aromatic rings. The van der Waals surface area contributed by atoms with Gasteiger partial charge in [0.05, 0.1) is 29.8 Å². The second-order valence-corrected chi connectivity index (χ2v) is 8.38. The molecule has 0 aliphatic carbocycles. The van der Waals surface area contributed by atoms with E-state index in [-0.39, 0.29) is 11.0 Å². The lowest BCUT2D eigenvalue weighted by Crippen LogP contribution is -2.53. The largest absolute Gasteiger partial charge is 0.370 e. The molecule has 0 radical (unpaired) electrons. The van der Waals surface area contributed by atoms with Gasteiger partial charge in [-0.05, 0) is 32.9 Å². The summed E-state index contributed by atoms with van der Waals surface area (Å²) < 4.78 is 34.6. The van der Waals surface area contributed by atoms with Crippen LogP contribution in [0.5, 0.6) is 0 Å². The van der Waals surface area contributed by atoms with Gasteiger partial charge in [-0.25, -0.2) is 13.1 Å². The third-order valence-electron chi connectivity index (χ3n) is 3.76. The van der Waals surface area contributed by atoms with Gasteiger partial charge < -0.3 is 4.74 Å². The molecule has 0 saturated carbocycles. The molecule has 23 heavy (non-hydrogen) atoms. The number of benzene rings is 1. The lowest BCUT2D eigenvalue weighted by Gasteiger charge is -2.40. The normalized spacial score (nSPS) is 22.1. The quantitative estimate of drug-likeness (QED) is 0.861. The van der Waals surface area contributed by atoms with Crippen LogP contribution in [0, 0.1) is 0 Å². The number of sulfonamides is 1. The lowest BCUT2D eigenvalue weighted by molar-refractivity contribution is -0.109. The Morgan fingerprint density at radius 1 is 1.26 bits per heavy atom. The van der Waals surface area contributed by atoms with E-state index in [9.17, 15) is 8.42 Å². The van der Waals surface area contributed by atoms with Crippen molar-refractivity contribution in [2.24, 2.45) is 0 Å². The predicted octanol–water partition coefficient (Wildman–Crippen LogP) is 2.06. The molecule has 2 heterocycles. The Balaban J connectivity index is 1.90. The van der Waals surface area contributed by atoms with Crippen LogP contribution in [0.3, 0.4) is 0 Å². The molecule has 1 unspecified atom stereocenters. The SMILES string of the molecule is CC1CN(S(=O)(=O)c2cnn(-c3ccccc3)c2)CC(C)(C)O1. The maximum absolute atomic E-state index is 12.9. The minimum Gasteiger partial charge on any atom is -0.370 e. The number of hydrogen-bond acceptors (Lipinski definition) is 4. The van der Waals surface area contributed by atoms with Crippen LogP contribution in [0.15, 0.2) is 47.6 Å². The van der Waals surface area contributed by atoms with Crippen molar-refractivity contribution >= 4 is 10.0 Å². The first-order valence-corrected chi connectivity index (χ1v) is 9.00. The Hall–Kier alpha value is -1.70. The lowest BCUT2D eigenvalue weighted by atomic mass is 10.1. The molecule has 1 aliphatic heterocycles. The Morgan fingerprint density at radius 2 is 1.96 bits per heavy atom. The number of morpholine rings is 1. The Kier molecular flexibility index (Phi) is 4.03. The van der Waals surface area contributed by atoms with Crippen LogP contribution in [0.25, 0.3) is 5.69 Å². The zero-order chi connectivity index (χ0) is 16.7. The molecule has 0 bridgehead atoms. The van der Waals surface area contributed by atoms with Crippen LogP contribution in [0.2, 0.25) is 0 Å². The molecule has 1 aromatic heterocycles. The van der Waals surface area contributed by atoms with Crippen molar-refractivity contribution < 1.29 is 13.2 Å². The summed E-state index contributed by atoms with van der Waals surface area (Å²) >= 11 is 0. The van der Waals surface area contributed by atoms with Crippen LogP contribution >= 0.6 is 0 Å². The van der Waals surface area contributed by atoms with Gasteiger partial charge in [-0.15, -0.1) is 0 Å². The zero-order valence-electron chi connectivity index (χ0n) is 13.5. The molecule has 1 saturated heterocycles. The minimum absolute atomic E-state index is 0.141. The van der Waals surface area contributed by atoms with Crippen molar-refractivity contribution in [1.82, 2.24) is 14.1 Å². The summed E-state index contributed by atoms with van der Waals surface area (Å²) in [4.78, 5) is 0.200. The zero-order valence-corrected chi connectivity index (χ0v) is 14.3. The minimum atomic E-state index is -3.58. The average molecular weight is 335 g/mol. The summed E-state index contributed by atoms with van der Waals surface area (Å²) in [5.41, 5.74) is 0.324. The summed E-state index contributed by atoms with van der Waals surface area (Å²) in [6, 6.07) is 9.43. The van der Waals surface area contributed by atoms with Gasteiger partial charge in [-0.1, -0.05) is 18.2 Å². The summed E-state index contributed by atoms with van der Waals surface area (Å²) in [7, 11) is -3.58. The molecule has 1 aliphatic rings. The highest BCUT2D eigenvalue weighted by molar-refractivity contribution is 7.89. The first-order valence-electron chi connectivity index (χ1n) is 7.56. The molecule has 7 heteroatoms. The fourth-order valence-corrected chi connectivity index (χ4v) is 4.49. The first-order chi connectivity index (χ1) is 10.8. The van der Waals surface area contributed by atoms with Crippen LogP contribution < -0.4 is 0 Å². The Morgan fingerprint density at radius 3 is 2.61 bits per heavy atom. The highest BCUT2D eigenvalue weighted by atomic mass is 32.2. The van der Waals surface area contributed by atoms with Crippen molar-refractivity contribution in [3.63, 3.8) is 0 Å². The maximum Gasteiger partial charge on any atom is 0.246 e. The number of ether oxygens (including phenoxy) is 1. The van der Waals surface area contributed by atoms with Gasteiger partial charge in [-0.3, -0.25) is 0 Å². The summed E-state index contributed by atoms with van der Waals surface area (Å²) in [5.74, 6) is 0. The molecule has 1 atom stereocenters. The fourth-order valence-electron chi connectivity index (χ4n) is 2.89. The standard InChI is InChI=1S/C16H21N3O3S/c1-13-10-18(12-16(2,3)22-13)23(20,21)15-9-17-19(11-15)14-7-5-4-6-8-14/h4-9,11,13H,10,12H2,1-3H3. The van der Waals surface area contributed by atoms with Gasteiger partial charge in [-0.2, -0.15) is 9.40 Å². The molecule has 0 amide bonds. The molecule has 1 fully saturated rings. The smallest absolute Gasteiger partial charge is 0.246 e. The van der Waals surface area contributed by atoms with E-state index in [1.165, 1.54) is 10.5 Å².